The summed E-state index contributed by atoms with van der Waals surface area (Å²) in [5, 5.41) is 3.54. The summed E-state index contributed by atoms with van der Waals surface area (Å²) in [7, 11) is 7.26. The number of halogens is 1. The average molecular weight is 533 g/mol. The van der Waals surface area contributed by atoms with Gasteiger partial charge in [0.25, 0.3) is 0 Å². The number of likely N-dealkylation sites (N-methyl/N-ethyl adjacent to an activating group) is 2. The lowest BCUT2D eigenvalue weighted by atomic mass is 10.1. The SMILES string of the molecule is CCN1CCN(C(C)CNC(=NC)N(C)CCc2ccc(OC)c(OC)c2)CC1.I. The molecule has 1 heterocycles. The number of nitrogens with zero attached hydrogens (tertiary/aromatic N) is 4. The van der Waals surface area contributed by atoms with Crippen LogP contribution in [0.2, 0.25) is 0 Å². The van der Waals surface area contributed by atoms with Crippen LogP contribution in [-0.2, 0) is 6.42 Å². The molecule has 1 aromatic carbocycles. The van der Waals surface area contributed by atoms with Crippen molar-refractivity contribution in [3.05, 3.63) is 23.8 Å². The summed E-state index contributed by atoms with van der Waals surface area (Å²) < 4.78 is 10.7. The van der Waals surface area contributed by atoms with E-state index in [1.165, 1.54) is 18.7 Å². The zero-order valence-corrected chi connectivity index (χ0v) is 21.8. The van der Waals surface area contributed by atoms with Gasteiger partial charge in [0, 0.05) is 59.4 Å². The number of aliphatic imine (C=N–C) groups is 1. The molecule has 0 aromatic heterocycles. The number of guanidine groups is 1. The highest BCUT2D eigenvalue weighted by Crippen LogP contribution is 2.27. The Morgan fingerprint density at radius 2 is 1.83 bits per heavy atom. The van der Waals surface area contributed by atoms with Crippen molar-refractivity contribution >= 4 is 29.9 Å². The number of methoxy groups -OCH3 is 2. The number of piperazine rings is 1. The molecule has 1 saturated heterocycles. The van der Waals surface area contributed by atoms with Crippen molar-refractivity contribution in [1.82, 2.24) is 20.0 Å². The first-order chi connectivity index (χ1) is 14.0. The highest BCUT2D eigenvalue weighted by atomic mass is 127. The fourth-order valence-corrected chi connectivity index (χ4v) is 3.71. The van der Waals surface area contributed by atoms with Gasteiger partial charge in [0.15, 0.2) is 17.5 Å². The Bertz CT molecular complexity index is 650. The summed E-state index contributed by atoms with van der Waals surface area (Å²) in [6.07, 6.45) is 0.909. The van der Waals surface area contributed by atoms with Crippen LogP contribution in [0.5, 0.6) is 11.5 Å². The summed E-state index contributed by atoms with van der Waals surface area (Å²) in [4.78, 5) is 11.7. The molecule has 8 heteroatoms. The summed E-state index contributed by atoms with van der Waals surface area (Å²) >= 11 is 0. The number of rotatable bonds is 9. The molecule has 0 radical (unpaired) electrons. The Labute approximate surface area is 199 Å². The van der Waals surface area contributed by atoms with E-state index in [1.54, 1.807) is 14.2 Å². The number of hydrogen-bond acceptors (Lipinski definition) is 5. The van der Waals surface area contributed by atoms with Gasteiger partial charge in [0.05, 0.1) is 14.2 Å². The number of hydrogen-bond donors (Lipinski definition) is 1. The molecule has 0 aliphatic carbocycles. The van der Waals surface area contributed by atoms with Gasteiger partial charge in [0.2, 0.25) is 0 Å². The average Bonchev–Trinajstić information content (AvgIpc) is 2.77. The first-order valence-electron chi connectivity index (χ1n) is 10.6. The predicted octanol–water partition coefficient (Wildman–Crippen LogP) is 2.40. The molecule has 0 spiro atoms. The van der Waals surface area contributed by atoms with E-state index >= 15 is 0 Å². The molecule has 1 fully saturated rings. The van der Waals surface area contributed by atoms with Gasteiger partial charge in [-0.2, -0.15) is 0 Å². The molecule has 0 saturated carbocycles. The van der Waals surface area contributed by atoms with E-state index in [-0.39, 0.29) is 24.0 Å². The van der Waals surface area contributed by atoms with Gasteiger partial charge in [-0.15, -0.1) is 24.0 Å². The maximum absolute atomic E-state index is 5.41. The molecular weight excluding hydrogens is 493 g/mol. The van der Waals surface area contributed by atoms with E-state index in [2.05, 4.69) is 52.0 Å². The molecule has 0 bridgehead atoms. The van der Waals surface area contributed by atoms with Gasteiger partial charge in [-0.3, -0.25) is 9.89 Å². The Morgan fingerprint density at radius 1 is 1.17 bits per heavy atom. The zero-order valence-electron chi connectivity index (χ0n) is 19.5. The Hall–Kier alpha value is -1.26. The van der Waals surface area contributed by atoms with Crippen molar-refractivity contribution in [2.75, 3.05) is 74.1 Å². The van der Waals surface area contributed by atoms with Crippen molar-refractivity contribution in [2.24, 2.45) is 4.99 Å². The first kappa shape index (κ1) is 26.8. The molecule has 1 atom stereocenters. The van der Waals surface area contributed by atoms with Crippen LogP contribution in [-0.4, -0.2) is 101 Å². The smallest absolute Gasteiger partial charge is 0.193 e. The van der Waals surface area contributed by atoms with Crippen LogP contribution < -0.4 is 14.8 Å². The largest absolute Gasteiger partial charge is 0.493 e. The third kappa shape index (κ3) is 7.77. The van der Waals surface area contributed by atoms with Gasteiger partial charge in [-0.25, -0.2) is 0 Å². The van der Waals surface area contributed by atoms with Gasteiger partial charge in [-0.1, -0.05) is 13.0 Å². The highest BCUT2D eigenvalue weighted by Gasteiger charge is 2.20. The molecule has 1 unspecified atom stereocenters. The molecule has 2 rings (SSSR count). The van der Waals surface area contributed by atoms with Gasteiger partial charge >= 0.3 is 0 Å². The van der Waals surface area contributed by atoms with Crippen LogP contribution >= 0.6 is 24.0 Å². The summed E-state index contributed by atoms with van der Waals surface area (Å²) in [5.74, 6) is 2.47. The van der Waals surface area contributed by atoms with Crippen molar-refractivity contribution in [3.63, 3.8) is 0 Å². The second-order valence-corrected chi connectivity index (χ2v) is 7.61. The minimum absolute atomic E-state index is 0. The maximum atomic E-state index is 5.41. The molecule has 1 aliphatic heterocycles. The quantitative estimate of drug-likeness (QED) is 0.299. The third-order valence-electron chi connectivity index (χ3n) is 5.79. The Balaban J connectivity index is 0.00000450. The molecule has 1 N–H and O–H groups in total. The number of benzene rings is 1. The standard InChI is InChI=1S/C22H39N5O2.HI/c1-7-26-12-14-27(15-13-26)18(2)17-24-22(23-3)25(4)11-10-19-8-9-20(28-5)21(16-19)29-6;/h8-9,16,18H,7,10-15,17H2,1-6H3,(H,23,24);1H. The van der Waals surface area contributed by atoms with Crippen molar-refractivity contribution in [2.45, 2.75) is 26.3 Å². The van der Waals surface area contributed by atoms with Crippen LogP contribution in [0, 0.1) is 0 Å². The lowest BCUT2D eigenvalue weighted by Crippen LogP contribution is -2.53. The molecule has 7 nitrogen and oxygen atoms in total. The molecule has 0 amide bonds. The molecule has 30 heavy (non-hydrogen) atoms. The normalized spacial score (nSPS) is 16.5. The van der Waals surface area contributed by atoms with Crippen LogP contribution in [0.3, 0.4) is 0 Å². The highest BCUT2D eigenvalue weighted by molar-refractivity contribution is 14.0. The minimum Gasteiger partial charge on any atom is -0.493 e. The summed E-state index contributed by atoms with van der Waals surface area (Å²) in [6.45, 7) is 12.1. The summed E-state index contributed by atoms with van der Waals surface area (Å²) in [6, 6.07) is 6.58. The monoisotopic (exact) mass is 533 g/mol. The van der Waals surface area contributed by atoms with E-state index < -0.39 is 0 Å². The van der Waals surface area contributed by atoms with Crippen LogP contribution in [0.25, 0.3) is 0 Å². The van der Waals surface area contributed by atoms with Gasteiger partial charge in [0.1, 0.15) is 0 Å². The van der Waals surface area contributed by atoms with Crippen LogP contribution in [0.1, 0.15) is 19.4 Å². The van der Waals surface area contributed by atoms with E-state index in [0.717, 1.165) is 56.6 Å². The maximum Gasteiger partial charge on any atom is 0.193 e. The Kier molecular flexibility index (Phi) is 12.4. The van der Waals surface area contributed by atoms with Gasteiger partial charge in [-0.05, 0) is 37.6 Å². The lowest BCUT2D eigenvalue weighted by Gasteiger charge is -2.38. The topological polar surface area (TPSA) is 52.6 Å². The molecule has 1 aliphatic rings. The number of ether oxygens (including phenoxy) is 2. The van der Waals surface area contributed by atoms with E-state index in [1.807, 2.05) is 19.2 Å². The fraction of sp³-hybridized carbons (Fsp3) is 0.682. The Morgan fingerprint density at radius 3 is 2.40 bits per heavy atom. The minimum atomic E-state index is 0. The van der Waals surface area contributed by atoms with Crippen molar-refractivity contribution in [1.29, 1.82) is 0 Å². The van der Waals surface area contributed by atoms with Gasteiger partial charge < -0.3 is 24.6 Å². The zero-order chi connectivity index (χ0) is 21.2. The first-order valence-corrected chi connectivity index (χ1v) is 10.6. The fourth-order valence-electron chi connectivity index (χ4n) is 3.71. The molecule has 1 aromatic rings. The van der Waals surface area contributed by atoms with Crippen LogP contribution in [0.15, 0.2) is 23.2 Å². The molecular formula is C22H40IN5O2. The van der Waals surface area contributed by atoms with Crippen molar-refractivity contribution < 1.29 is 9.47 Å². The second-order valence-electron chi connectivity index (χ2n) is 7.61. The summed E-state index contributed by atoms with van der Waals surface area (Å²) in [5.41, 5.74) is 1.21. The number of nitrogens with one attached hydrogen (secondary N) is 1. The van der Waals surface area contributed by atoms with Crippen LogP contribution in [0.4, 0.5) is 0 Å². The van der Waals surface area contributed by atoms with E-state index in [0.29, 0.717) is 6.04 Å². The van der Waals surface area contributed by atoms with E-state index in [4.69, 9.17) is 9.47 Å². The molecule has 172 valence electrons. The predicted molar refractivity (Wildman–Crippen MR) is 136 cm³/mol. The second kappa shape index (κ2) is 13.9. The lowest BCUT2D eigenvalue weighted by molar-refractivity contribution is 0.107. The van der Waals surface area contributed by atoms with Crippen molar-refractivity contribution in [3.8, 4) is 11.5 Å². The third-order valence-corrected chi connectivity index (χ3v) is 5.79. The van der Waals surface area contributed by atoms with E-state index in [9.17, 15) is 0 Å².